The van der Waals surface area contributed by atoms with Crippen LogP contribution in [0.25, 0.3) is 5.82 Å². The highest BCUT2D eigenvalue weighted by Crippen LogP contribution is 2.55. The standard InChI is InChI=1S/C24H32N6O2/c1-15(31)28-24-11-16-9-17(12-24)21(18(10-16)13-24)27-22(32)20-14-26-30(19-5-2-3-6-19)23(20)29-8-4-7-25-29/h4,7-8,14,16-19,21H,2-3,5-6,9-13H2,1H3,(H,27,32)(H,28,31). The molecule has 2 aromatic rings. The molecular weight excluding hydrogens is 404 g/mol. The molecule has 5 fully saturated rings. The third-order valence-corrected chi connectivity index (χ3v) is 8.42. The Morgan fingerprint density at radius 3 is 2.50 bits per heavy atom. The fourth-order valence-electron chi connectivity index (χ4n) is 7.57. The van der Waals surface area contributed by atoms with Gasteiger partial charge in [0.2, 0.25) is 5.91 Å². The fourth-order valence-corrected chi connectivity index (χ4v) is 7.57. The van der Waals surface area contributed by atoms with Gasteiger partial charge < -0.3 is 10.6 Å². The lowest BCUT2D eigenvalue weighted by Gasteiger charge is -2.60. The molecule has 0 aliphatic heterocycles. The average molecular weight is 437 g/mol. The molecule has 8 heteroatoms. The Bertz CT molecular complexity index is 1010. The quantitative estimate of drug-likeness (QED) is 0.753. The molecule has 2 unspecified atom stereocenters. The highest BCUT2D eigenvalue weighted by molar-refractivity contribution is 5.97. The van der Waals surface area contributed by atoms with Crippen molar-refractivity contribution in [2.75, 3.05) is 0 Å². The van der Waals surface area contributed by atoms with Crippen LogP contribution in [-0.4, -0.2) is 43.0 Å². The minimum Gasteiger partial charge on any atom is -0.351 e. The molecule has 2 N–H and O–H groups in total. The van der Waals surface area contributed by atoms with E-state index in [2.05, 4.69) is 20.8 Å². The van der Waals surface area contributed by atoms with Crippen molar-refractivity contribution in [1.82, 2.24) is 30.2 Å². The Morgan fingerprint density at radius 2 is 1.84 bits per heavy atom. The van der Waals surface area contributed by atoms with Crippen molar-refractivity contribution in [2.45, 2.75) is 82.3 Å². The minimum absolute atomic E-state index is 0.0502. The molecule has 0 spiro atoms. The molecule has 7 rings (SSSR count). The number of amides is 2. The van der Waals surface area contributed by atoms with E-state index in [1.165, 1.54) is 12.8 Å². The molecule has 0 aromatic carbocycles. The highest BCUT2D eigenvalue weighted by atomic mass is 16.2. The van der Waals surface area contributed by atoms with Gasteiger partial charge in [-0.2, -0.15) is 10.2 Å². The summed E-state index contributed by atoms with van der Waals surface area (Å²) < 4.78 is 3.79. The van der Waals surface area contributed by atoms with Crippen molar-refractivity contribution in [1.29, 1.82) is 0 Å². The van der Waals surface area contributed by atoms with Crippen LogP contribution in [0.2, 0.25) is 0 Å². The van der Waals surface area contributed by atoms with Crippen molar-refractivity contribution < 1.29 is 9.59 Å². The van der Waals surface area contributed by atoms with Crippen molar-refractivity contribution in [3.63, 3.8) is 0 Å². The average Bonchev–Trinajstić information content (AvgIpc) is 3.49. The Labute approximate surface area is 188 Å². The molecule has 8 nitrogen and oxygen atoms in total. The molecule has 32 heavy (non-hydrogen) atoms. The second kappa shape index (κ2) is 7.46. The molecule has 0 saturated heterocycles. The van der Waals surface area contributed by atoms with E-state index in [0.717, 1.165) is 50.8 Å². The van der Waals surface area contributed by atoms with Gasteiger partial charge in [0.05, 0.1) is 12.2 Å². The lowest BCUT2D eigenvalue weighted by atomic mass is 9.51. The molecular formula is C24H32N6O2. The maximum absolute atomic E-state index is 13.6. The van der Waals surface area contributed by atoms with Gasteiger partial charge in [0.25, 0.3) is 5.91 Å². The summed E-state index contributed by atoms with van der Waals surface area (Å²) in [7, 11) is 0. The van der Waals surface area contributed by atoms with Crippen molar-refractivity contribution in [2.24, 2.45) is 17.8 Å². The fraction of sp³-hybridized carbons (Fsp3) is 0.667. The van der Waals surface area contributed by atoms with Crippen molar-refractivity contribution >= 4 is 11.8 Å². The molecule has 5 saturated carbocycles. The number of hydrogen-bond acceptors (Lipinski definition) is 4. The van der Waals surface area contributed by atoms with Crippen LogP contribution in [0.15, 0.2) is 24.7 Å². The lowest BCUT2D eigenvalue weighted by Crippen LogP contribution is -2.66. The van der Waals surface area contributed by atoms with Gasteiger partial charge in [-0.25, -0.2) is 9.36 Å². The first-order chi connectivity index (χ1) is 15.5. The van der Waals surface area contributed by atoms with E-state index in [0.29, 0.717) is 29.4 Å². The molecule has 0 radical (unpaired) electrons. The molecule has 4 bridgehead atoms. The highest BCUT2D eigenvalue weighted by Gasteiger charge is 2.56. The number of carbonyl (C=O) groups is 2. The van der Waals surface area contributed by atoms with Crippen molar-refractivity contribution in [3.8, 4) is 5.82 Å². The summed E-state index contributed by atoms with van der Waals surface area (Å²) >= 11 is 0. The van der Waals surface area contributed by atoms with Gasteiger partial charge in [0, 0.05) is 30.9 Å². The third kappa shape index (κ3) is 3.26. The molecule has 5 aliphatic carbocycles. The maximum atomic E-state index is 13.6. The largest absolute Gasteiger partial charge is 0.351 e. The summed E-state index contributed by atoms with van der Waals surface area (Å²) in [6, 6.07) is 2.38. The minimum atomic E-state index is -0.0584. The zero-order valence-corrected chi connectivity index (χ0v) is 18.7. The number of aromatic nitrogens is 4. The molecule has 2 atom stereocenters. The van der Waals surface area contributed by atoms with Crippen LogP contribution in [0, 0.1) is 17.8 Å². The summed E-state index contributed by atoms with van der Waals surface area (Å²) in [6.07, 6.45) is 15.3. The SMILES string of the molecule is CC(=O)NC12CC3CC(C1)C(NC(=O)c1cnn(C4CCCC4)c1-n1cccn1)C(C3)C2. The molecule has 170 valence electrons. The molecule has 2 amide bonds. The topological polar surface area (TPSA) is 93.8 Å². The van der Waals surface area contributed by atoms with Gasteiger partial charge in [0.15, 0.2) is 5.82 Å². The molecule has 2 heterocycles. The predicted octanol–water partition coefficient (Wildman–Crippen LogP) is 3.00. The first-order valence-electron chi connectivity index (χ1n) is 12.2. The number of hydrogen-bond donors (Lipinski definition) is 2. The van der Waals surface area contributed by atoms with Crippen LogP contribution >= 0.6 is 0 Å². The second-order valence-electron chi connectivity index (χ2n) is 10.6. The maximum Gasteiger partial charge on any atom is 0.256 e. The molecule has 2 aromatic heterocycles. The van der Waals surface area contributed by atoms with E-state index in [-0.39, 0.29) is 23.4 Å². The molecule has 5 aliphatic rings. The van der Waals surface area contributed by atoms with Gasteiger partial charge in [-0.15, -0.1) is 0 Å². The summed E-state index contributed by atoms with van der Waals surface area (Å²) in [6.45, 7) is 1.62. The van der Waals surface area contributed by atoms with Crippen LogP contribution in [0.3, 0.4) is 0 Å². The van der Waals surface area contributed by atoms with E-state index in [4.69, 9.17) is 0 Å². The Morgan fingerprint density at radius 1 is 1.09 bits per heavy atom. The van der Waals surface area contributed by atoms with Crippen LogP contribution in [0.1, 0.15) is 81.1 Å². The van der Waals surface area contributed by atoms with E-state index < -0.39 is 0 Å². The summed E-state index contributed by atoms with van der Waals surface area (Å²) in [4.78, 5) is 25.4. The van der Waals surface area contributed by atoms with Crippen LogP contribution in [-0.2, 0) is 4.79 Å². The number of nitrogens with one attached hydrogen (secondary N) is 2. The number of carbonyl (C=O) groups excluding carboxylic acids is 2. The first-order valence-corrected chi connectivity index (χ1v) is 12.2. The predicted molar refractivity (Wildman–Crippen MR) is 118 cm³/mol. The monoisotopic (exact) mass is 436 g/mol. The zero-order valence-electron chi connectivity index (χ0n) is 18.7. The van der Waals surface area contributed by atoms with Crippen LogP contribution in [0.4, 0.5) is 0 Å². The first kappa shape index (κ1) is 20.0. The summed E-state index contributed by atoms with van der Waals surface area (Å²) in [5, 5.41) is 15.8. The summed E-state index contributed by atoms with van der Waals surface area (Å²) in [5.74, 6) is 2.31. The smallest absolute Gasteiger partial charge is 0.256 e. The van der Waals surface area contributed by atoms with Gasteiger partial charge in [-0.3, -0.25) is 9.59 Å². The van der Waals surface area contributed by atoms with Gasteiger partial charge in [-0.05, 0) is 68.8 Å². The van der Waals surface area contributed by atoms with E-state index in [9.17, 15) is 9.59 Å². The Balaban J connectivity index is 1.26. The Kier molecular flexibility index (Phi) is 4.66. The van der Waals surface area contributed by atoms with Crippen LogP contribution in [0.5, 0.6) is 0 Å². The second-order valence-corrected chi connectivity index (χ2v) is 10.6. The lowest BCUT2D eigenvalue weighted by molar-refractivity contribution is -0.125. The zero-order chi connectivity index (χ0) is 21.9. The van der Waals surface area contributed by atoms with Gasteiger partial charge in [-0.1, -0.05) is 12.8 Å². The van der Waals surface area contributed by atoms with Gasteiger partial charge in [0.1, 0.15) is 5.56 Å². The van der Waals surface area contributed by atoms with E-state index >= 15 is 0 Å². The van der Waals surface area contributed by atoms with Crippen molar-refractivity contribution in [3.05, 3.63) is 30.2 Å². The van der Waals surface area contributed by atoms with E-state index in [1.54, 1.807) is 24.0 Å². The van der Waals surface area contributed by atoms with Crippen LogP contribution < -0.4 is 10.6 Å². The summed E-state index contributed by atoms with van der Waals surface area (Å²) in [5.41, 5.74) is 0.544. The normalized spacial score (nSPS) is 33.5. The van der Waals surface area contributed by atoms with E-state index in [1.807, 2.05) is 16.9 Å². The number of rotatable bonds is 5. The van der Waals surface area contributed by atoms with Gasteiger partial charge >= 0.3 is 0 Å². The Hall–Kier alpha value is -2.64. The number of nitrogens with zero attached hydrogens (tertiary/aromatic N) is 4. The third-order valence-electron chi connectivity index (χ3n) is 8.42.